The molecule has 0 heterocycles. The summed E-state index contributed by atoms with van der Waals surface area (Å²) >= 11 is 1.80. The maximum absolute atomic E-state index is 12.2. The molecule has 25 heavy (non-hydrogen) atoms. The van der Waals surface area contributed by atoms with Crippen molar-refractivity contribution in [2.24, 2.45) is 4.99 Å². The van der Waals surface area contributed by atoms with Gasteiger partial charge in [-0.25, -0.2) is 4.99 Å². The Hall–Kier alpha value is -1.73. The second-order valence-corrected chi connectivity index (χ2v) is 6.86. The van der Waals surface area contributed by atoms with Crippen LogP contribution in [0.1, 0.15) is 22.8 Å². The molecule has 0 aliphatic rings. The molecule has 140 valence electrons. The van der Waals surface area contributed by atoms with Crippen LogP contribution in [-0.2, 0) is 6.54 Å². The topological polar surface area (TPSA) is 68.8 Å². The van der Waals surface area contributed by atoms with Gasteiger partial charge in [-0.15, -0.1) is 0 Å². The molecular weight excluding hydrogens is 334 g/mol. The number of thioether (sulfide) groups is 1. The molecule has 0 aliphatic heterocycles. The molecule has 1 rings (SSSR count). The highest BCUT2D eigenvalue weighted by molar-refractivity contribution is 7.98. The highest BCUT2D eigenvalue weighted by Crippen LogP contribution is 2.07. The molecule has 7 heteroatoms. The van der Waals surface area contributed by atoms with Gasteiger partial charge in [0.25, 0.3) is 5.91 Å². The molecule has 6 nitrogen and oxygen atoms in total. The lowest BCUT2D eigenvalue weighted by Gasteiger charge is -2.12. The first-order chi connectivity index (χ1) is 12.1. The van der Waals surface area contributed by atoms with E-state index in [0.29, 0.717) is 18.7 Å². The Bertz CT molecular complexity index is 548. The SMILES string of the molecule is CCNC(=NCc1cccc(C(=O)NCCN(C)C)c1)NCCSC. The first-order valence-corrected chi connectivity index (χ1v) is 9.99. The molecular formula is C18H31N5OS. The molecule has 0 radical (unpaired) electrons. The summed E-state index contributed by atoms with van der Waals surface area (Å²) in [5, 5.41) is 9.47. The van der Waals surface area contributed by atoms with Crippen molar-refractivity contribution in [2.75, 3.05) is 52.3 Å². The average molecular weight is 366 g/mol. The van der Waals surface area contributed by atoms with Crippen LogP contribution in [-0.4, -0.2) is 69.0 Å². The van der Waals surface area contributed by atoms with Gasteiger partial charge in [-0.05, 0) is 45.0 Å². The number of hydrogen-bond donors (Lipinski definition) is 3. The summed E-state index contributed by atoms with van der Waals surface area (Å²) in [7, 11) is 3.97. The van der Waals surface area contributed by atoms with Gasteiger partial charge in [-0.1, -0.05) is 12.1 Å². The second kappa shape index (κ2) is 12.6. The number of hydrogen-bond acceptors (Lipinski definition) is 4. The van der Waals surface area contributed by atoms with Crippen LogP contribution in [0.5, 0.6) is 0 Å². The van der Waals surface area contributed by atoms with E-state index in [4.69, 9.17) is 0 Å². The zero-order chi connectivity index (χ0) is 18.5. The molecule has 0 unspecified atom stereocenters. The van der Waals surface area contributed by atoms with Crippen LogP contribution in [0.2, 0.25) is 0 Å². The van der Waals surface area contributed by atoms with E-state index in [9.17, 15) is 4.79 Å². The Morgan fingerprint density at radius 1 is 1.20 bits per heavy atom. The Morgan fingerprint density at radius 2 is 2.00 bits per heavy atom. The Morgan fingerprint density at radius 3 is 2.68 bits per heavy atom. The predicted octanol–water partition coefficient (Wildman–Crippen LogP) is 1.40. The van der Waals surface area contributed by atoms with E-state index in [-0.39, 0.29) is 5.91 Å². The first kappa shape index (κ1) is 21.3. The van der Waals surface area contributed by atoms with Gasteiger partial charge in [-0.2, -0.15) is 11.8 Å². The maximum Gasteiger partial charge on any atom is 0.251 e. The third-order valence-corrected chi connectivity index (χ3v) is 4.01. The minimum atomic E-state index is -0.0438. The lowest BCUT2D eigenvalue weighted by atomic mass is 10.1. The predicted molar refractivity (Wildman–Crippen MR) is 109 cm³/mol. The highest BCUT2D eigenvalue weighted by atomic mass is 32.2. The highest BCUT2D eigenvalue weighted by Gasteiger charge is 2.06. The lowest BCUT2D eigenvalue weighted by Crippen LogP contribution is -2.38. The number of aliphatic imine (C=N–C) groups is 1. The van der Waals surface area contributed by atoms with Crippen molar-refractivity contribution in [3.8, 4) is 0 Å². The number of carbonyl (C=O) groups excluding carboxylic acids is 1. The Labute approximate surface area is 155 Å². The third-order valence-electron chi connectivity index (χ3n) is 3.40. The van der Waals surface area contributed by atoms with Crippen molar-refractivity contribution in [3.63, 3.8) is 0 Å². The van der Waals surface area contributed by atoms with Gasteiger partial charge in [0.1, 0.15) is 0 Å². The molecule has 0 aliphatic carbocycles. The van der Waals surface area contributed by atoms with E-state index in [2.05, 4.69) is 27.2 Å². The largest absolute Gasteiger partial charge is 0.357 e. The first-order valence-electron chi connectivity index (χ1n) is 8.59. The van der Waals surface area contributed by atoms with E-state index in [1.165, 1.54) is 0 Å². The van der Waals surface area contributed by atoms with Crippen molar-refractivity contribution in [2.45, 2.75) is 13.5 Å². The second-order valence-electron chi connectivity index (χ2n) is 5.87. The number of carbonyl (C=O) groups is 1. The van der Waals surface area contributed by atoms with Gasteiger partial charge in [0.15, 0.2) is 5.96 Å². The standard InChI is InChI=1S/C18H31N5OS/c1-5-19-18(21-10-12-25-4)22-14-15-7-6-8-16(13-15)17(24)20-9-11-23(2)3/h6-8,13H,5,9-12,14H2,1-4H3,(H,20,24)(H2,19,21,22). The molecule has 1 aromatic rings. The summed E-state index contributed by atoms with van der Waals surface area (Å²) in [6.45, 7) is 5.74. The van der Waals surface area contributed by atoms with Gasteiger partial charge in [0.2, 0.25) is 0 Å². The van der Waals surface area contributed by atoms with Crippen LogP contribution in [0.4, 0.5) is 0 Å². The minimum absolute atomic E-state index is 0.0438. The number of benzene rings is 1. The summed E-state index contributed by atoms with van der Waals surface area (Å²) in [4.78, 5) is 18.8. The van der Waals surface area contributed by atoms with Crippen LogP contribution in [0.3, 0.4) is 0 Å². The van der Waals surface area contributed by atoms with Crippen molar-refractivity contribution in [3.05, 3.63) is 35.4 Å². The molecule has 0 bridgehead atoms. The van der Waals surface area contributed by atoms with Gasteiger partial charge in [0, 0.05) is 37.5 Å². The quantitative estimate of drug-likeness (QED) is 0.332. The molecule has 0 saturated carbocycles. The molecule has 1 amide bonds. The van der Waals surface area contributed by atoms with E-state index < -0.39 is 0 Å². The molecule has 0 fully saturated rings. The van der Waals surface area contributed by atoms with Crippen molar-refractivity contribution in [1.82, 2.24) is 20.9 Å². The fourth-order valence-corrected chi connectivity index (χ4v) is 2.40. The number of amides is 1. The van der Waals surface area contributed by atoms with Gasteiger partial charge in [0.05, 0.1) is 6.54 Å². The van der Waals surface area contributed by atoms with Gasteiger partial charge in [-0.3, -0.25) is 4.79 Å². The zero-order valence-electron chi connectivity index (χ0n) is 15.8. The molecule has 1 aromatic carbocycles. The van der Waals surface area contributed by atoms with Crippen LogP contribution in [0.25, 0.3) is 0 Å². The van der Waals surface area contributed by atoms with Crippen LogP contribution < -0.4 is 16.0 Å². The van der Waals surface area contributed by atoms with Crippen molar-refractivity contribution < 1.29 is 4.79 Å². The average Bonchev–Trinajstić information content (AvgIpc) is 2.59. The van der Waals surface area contributed by atoms with E-state index in [1.807, 2.05) is 50.2 Å². The zero-order valence-corrected chi connectivity index (χ0v) is 16.6. The lowest BCUT2D eigenvalue weighted by molar-refractivity contribution is 0.0951. The fraction of sp³-hybridized carbons (Fsp3) is 0.556. The normalized spacial score (nSPS) is 11.5. The summed E-state index contributed by atoms with van der Waals surface area (Å²) in [5.41, 5.74) is 1.69. The summed E-state index contributed by atoms with van der Waals surface area (Å²) in [6.07, 6.45) is 2.08. The number of likely N-dealkylation sites (N-methyl/N-ethyl adjacent to an activating group) is 1. The minimum Gasteiger partial charge on any atom is -0.357 e. The van der Waals surface area contributed by atoms with E-state index in [1.54, 1.807) is 11.8 Å². The number of rotatable bonds is 10. The third kappa shape index (κ3) is 9.36. The van der Waals surface area contributed by atoms with Crippen molar-refractivity contribution >= 4 is 23.6 Å². The number of guanidine groups is 1. The van der Waals surface area contributed by atoms with Gasteiger partial charge < -0.3 is 20.9 Å². The van der Waals surface area contributed by atoms with E-state index in [0.717, 1.165) is 36.9 Å². The summed E-state index contributed by atoms with van der Waals surface area (Å²) in [6, 6.07) is 7.63. The Balaban J connectivity index is 2.63. The molecule has 3 N–H and O–H groups in total. The van der Waals surface area contributed by atoms with Crippen LogP contribution >= 0.6 is 11.8 Å². The molecule has 0 atom stereocenters. The maximum atomic E-state index is 12.2. The monoisotopic (exact) mass is 365 g/mol. The fourth-order valence-electron chi connectivity index (χ4n) is 2.09. The number of nitrogens with zero attached hydrogens (tertiary/aromatic N) is 2. The van der Waals surface area contributed by atoms with Crippen LogP contribution in [0, 0.1) is 0 Å². The number of nitrogens with one attached hydrogen (secondary N) is 3. The molecule has 0 spiro atoms. The summed E-state index contributed by atoms with van der Waals surface area (Å²) < 4.78 is 0. The smallest absolute Gasteiger partial charge is 0.251 e. The Kier molecular flexibility index (Phi) is 10.7. The summed E-state index contributed by atoms with van der Waals surface area (Å²) in [5.74, 6) is 1.79. The van der Waals surface area contributed by atoms with E-state index >= 15 is 0 Å². The van der Waals surface area contributed by atoms with Gasteiger partial charge >= 0.3 is 0 Å². The van der Waals surface area contributed by atoms with Crippen molar-refractivity contribution in [1.29, 1.82) is 0 Å². The molecule has 0 aromatic heterocycles. The van der Waals surface area contributed by atoms with Crippen LogP contribution in [0.15, 0.2) is 29.3 Å². The molecule has 0 saturated heterocycles.